The summed E-state index contributed by atoms with van der Waals surface area (Å²) in [6, 6.07) is 3.98. The molecule has 0 fully saturated rings. The summed E-state index contributed by atoms with van der Waals surface area (Å²) in [6.07, 6.45) is 5.14. The first-order valence-corrected chi connectivity index (χ1v) is 12.0. The number of hydrogen-bond acceptors (Lipinski definition) is 7. The van der Waals surface area contributed by atoms with Gasteiger partial charge in [-0.25, -0.2) is 9.78 Å². The third-order valence-corrected chi connectivity index (χ3v) is 8.00. The molecule has 2 N–H and O–H groups in total. The van der Waals surface area contributed by atoms with Gasteiger partial charge in [0.1, 0.15) is 10.8 Å². The lowest BCUT2D eigenvalue weighted by atomic mass is 9.97. The van der Waals surface area contributed by atoms with Crippen molar-refractivity contribution in [3.05, 3.63) is 45.4 Å². The Balaban J connectivity index is 1.47. The number of thiazole rings is 1. The van der Waals surface area contributed by atoms with Crippen molar-refractivity contribution in [1.29, 1.82) is 0 Å². The molecule has 1 aromatic carbocycles. The van der Waals surface area contributed by atoms with E-state index in [1.54, 1.807) is 7.11 Å². The van der Waals surface area contributed by atoms with E-state index >= 15 is 0 Å². The van der Waals surface area contributed by atoms with Crippen LogP contribution in [0.1, 0.15) is 45.2 Å². The predicted molar refractivity (Wildman–Crippen MR) is 116 cm³/mol. The second-order valence-electron chi connectivity index (χ2n) is 7.35. The van der Waals surface area contributed by atoms with Crippen molar-refractivity contribution in [2.75, 3.05) is 18.9 Å². The summed E-state index contributed by atoms with van der Waals surface area (Å²) >= 11 is 1.53. The molecule has 1 atom stereocenters. The highest BCUT2D eigenvalue weighted by Gasteiger charge is 2.33. The minimum atomic E-state index is -3.87. The zero-order valence-electron chi connectivity index (χ0n) is 17.1. The quantitative estimate of drug-likeness (QED) is 0.645. The predicted octanol–water partition coefficient (Wildman–Crippen LogP) is 3.10. The van der Waals surface area contributed by atoms with E-state index in [4.69, 9.17) is 14.6 Å². The fourth-order valence-corrected chi connectivity index (χ4v) is 6.05. The Labute approximate surface area is 184 Å². The van der Waals surface area contributed by atoms with Crippen LogP contribution in [0.5, 0.6) is 5.75 Å². The Hall–Kier alpha value is -2.47. The molecule has 1 aliphatic carbocycles. The number of allylic oxidation sites excluding steroid dienone is 1. The van der Waals surface area contributed by atoms with Gasteiger partial charge in [0, 0.05) is 12.0 Å². The minimum Gasteiger partial charge on any atom is -0.495 e. The third kappa shape index (κ3) is 4.45. The largest absolute Gasteiger partial charge is 0.495 e. The molecule has 0 saturated heterocycles. The smallest absolute Gasteiger partial charge is 0.335 e. The lowest BCUT2D eigenvalue weighted by Gasteiger charge is -2.20. The van der Waals surface area contributed by atoms with Crippen LogP contribution < -0.4 is 9.46 Å². The summed E-state index contributed by atoms with van der Waals surface area (Å²) < 4.78 is 40.2. The maximum Gasteiger partial charge on any atom is 0.335 e. The summed E-state index contributed by atoms with van der Waals surface area (Å²) in [5.74, 6) is -0.985. The van der Waals surface area contributed by atoms with Gasteiger partial charge in [0.15, 0.2) is 0 Å². The van der Waals surface area contributed by atoms with E-state index < -0.39 is 16.2 Å². The Bertz CT molecular complexity index is 1120. The number of carboxylic acid groups (broad SMARTS) is 1. The van der Waals surface area contributed by atoms with Crippen molar-refractivity contribution in [3.63, 3.8) is 0 Å². The SMILES string of the molecule is COc1cc(C(=O)O)ccc1NS(=O)(=O)N1Cc2nc(C3=CCC(OC)CC3)sc2C1. The summed E-state index contributed by atoms with van der Waals surface area (Å²) in [6.45, 7) is 0.427. The molecule has 9 nitrogen and oxygen atoms in total. The van der Waals surface area contributed by atoms with Crippen LogP contribution in [-0.2, 0) is 28.0 Å². The highest BCUT2D eigenvalue weighted by atomic mass is 32.2. The van der Waals surface area contributed by atoms with Crippen LogP contribution in [0.25, 0.3) is 5.57 Å². The summed E-state index contributed by atoms with van der Waals surface area (Å²) in [5.41, 5.74) is 2.15. The third-order valence-electron chi connectivity index (χ3n) is 5.42. The van der Waals surface area contributed by atoms with E-state index in [0.29, 0.717) is 0 Å². The molecule has 0 saturated carbocycles. The van der Waals surface area contributed by atoms with Gasteiger partial charge in [0.2, 0.25) is 0 Å². The maximum atomic E-state index is 12.9. The van der Waals surface area contributed by atoms with Crippen LogP contribution in [-0.4, -0.2) is 49.1 Å². The monoisotopic (exact) mass is 465 g/mol. The van der Waals surface area contributed by atoms with E-state index in [9.17, 15) is 13.2 Å². The van der Waals surface area contributed by atoms with Gasteiger partial charge >= 0.3 is 16.2 Å². The highest BCUT2D eigenvalue weighted by molar-refractivity contribution is 7.90. The molecule has 0 bridgehead atoms. The van der Waals surface area contributed by atoms with Crippen LogP contribution in [0, 0.1) is 0 Å². The number of carbonyl (C=O) groups is 1. The van der Waals surface area contributed by atoms with E-state index in [2.05, 4.69) is 15.8 Å². The summed E-state index contributed by atoms with van der Waals surface area (Å²) in [5, 5.41) is 10.1. The number of aromatic carboxylic acids is 1. The Morgan fingerprint density at radius 3 is 2.74 bits per heavy atom. The van der Waals surface area contributed by atoms with Crippen molar-refractivity contribution in [2.24, 2.45) is 0 Å². The molecule has 0 spiro atoms. The van der Waals surface area contributed by atoms with E-state index in [1.165, 1.54) is 46.5 Å². The van der Waals surface area contributed by atoms with Gasteiger partial charge in [-0.1, -0.05) is 6.08 Å². The molecule has 166 valence electrons. The first-order chi connectivity index (χ1) is 14.8. The normalized spacial score (nSPS) is 19.0. The van der Waals surface area contributed by atoms with Gasteiger partial charge in [-0.15, -0.1) is 11.3 Å². The molecule has 4 rings (SSSR count). The number of hydrogen-bond donors (Lipinski definition) is 2. The topological polar surface area (TPSA) is 118 Å². The summed E-state index contributed by atoms with van der Waals surface area (Å²) in [7, 11) is -0.797. The van der Waals surface area contributed by atoms with Crippen LogP contribution in [0.3, 0.4) is 0 Å². The fourth-order valence-electron chi connectivity index (χ4n) is 3.65. The molecule has 2 aromatic rings. The second kappa shape index (κ2) is 8.58. The zero-order chi connectivity index (χ0) is 22.2. The van der Waals surface area contributed by atoms with Gasteiger partial charge < -0.3 is 14.6 Å². The molecule has 1 unspecified atom stereocenters. The molecule has 0 amide bonds. The first-order valence-electron chi connectivity index (χ1n) is 9.70. The van der Waals surface area contributed by atoms with Crippen LogP contribution in [0.4, 0.5) is 5.69 Å². The molecule has 1 aromatic heterocycles. The number of carboxylic acids is 1. The second-order valence-corrected chi connectivity index (χ2v) is 10.1. The number of methoxy groups -OCH3 is 2. The van der Waals surface area contributed by atoms with Crippen molar-refractivity contribution < 1.29 is 27.8 Å². The Morgan fingerprint density at radius 1 is 1.32 bits per heavy atom. The molecular weight excluding hydrogens is 442 g/mol. The molecule has 2 heterocycles. The number of anilines is 1. The van der Waals surface area contributed by atoms with E-state index in [-0.39, 0.29) is 36.2 Å². The molecule has 1 aliphatic heterocycles. The lowest BCUT2D eigenvalue weighted by molar-refractivity contribution is 0.0696. The van der Waals surface area contributed by atoms with Crippen molar-refractivity contribution in [1.82, 2.24) is 9.29 Å². The lowest BCUT2D eigenvalue weighted by Crippen LogP contribution is -2.31. The molecule has 2 aliphatic rings. The van der Waals surface area contributed by atoms with Crippen LogP contribution in [0.15, 0.2) is 24.3 Å². The molecular formula is C20H23N3O6S2. The average Bonchev–Trinajstić information content (AvgIpc) is 3.34. The van der Waals surface area contributed by atoms with Crippen LogP contribution >= 0.6 is 11.3 Å². The number of rotatable bonds is 7. The molecule has 0 radical (unpaired) electrons. The first kappa shape index (κ1) is 21.8. The van der Waals surface area contributed by atoms with Crippen LogP contribution in [0.2, 0.25) is 0 Å². The average molecular weight is 466 g/mol. The fraction of sp³-hybridized carbons (Fsp3) is 0.400. The van der Waals surface area contributed by atoms with Gasteiger partial charge in [-0.3, -0.25) is 4.72 Å². The minimum absolute atomic E-state index is 0.00807. The van der Waals surface area contributed by atoms with E-state index in [0.717, 1.165) is 34.8 Å². The Kier molecular flexibility index (Phi) is 6.02. The molecule has 11 heteroatoms. The zero-order valence-corrected chi connectivity index (χ0v) is 18.8. The number of ether oxygens (including phenoxy) is 2. The molecule has 31 heavy (non-hydrogen) atoms. The summed E-state index contributed by atoms with van der Waals surface area (Å²) in [4.78, 5) is 16.7. The van der Waals surface area contributed by atoms with Gasteiger partial charge in [0.25, 0.3) is 0 Å². The van der Waals surface area contributed by atoms with Gasteiger partial charge in [0.05, 0.1) is 43.2 Å². The van der Waals surface area contributed by atoms with Gasteiger partial charge in [-0.05, 0) is 43.0 Å². The standard InChI is InChI=1S/C20H23N3O6S2/c1-28-14-6-3-12(4-7-14)19-21-16-10-23(11-18(16)30-19)31(26,27)22-15-8-5-13(20(24)25)9-17(15)29-2/h3,5,8-9,14,22H,4,6-7,10-11H2,1-2H3,(H,24,25). The number of aromatic nitrogens is 1. The van der Waals surface area contributed by atoms with Crippen molar-refractivity contribution in [3.8, 4) is 5.75 Å². The number of benzene rings is 1. The van der Waals surface area contributed by atoms with Gasteiger partial charge in [-0.2, -0.15) is 12.7 Å². The van der Waals surface area contributed by atoms with Crippen molar-refractivity contribution >= 4 is 38.8 Å². The number of nitrogens with zero attached hydrogens (tertiary/aromatic N) is 2. The maximum absolute atomic E-state index is 12.9. The van der Waals surface area contributed by atoms with Crippen molar-refractivity contribution in [2.45, 2.75) is 38.5 Å². The highest BCUT2D eigenvalue weighted by Crippen LogP contribution is 2.37. The van der Waals surface area contributed by atoms with E-state index in [1.807, 2.05) is 0 Å². The Morgan fingerprint density at radius 2 is 2.13 bits per heavy atom. The number of fused-ring (bicyclic) bond motifs is 1. The number of nitrogens with one attached hydrogen (secondary N) is 1.